The van der Waals surface area contributed by atoms with Gasteiger partial charge in [-0.2, -0.15) is 0 Å². The maximum absolute atomic E-state index is 4.34. The number of nitrogens with zero attached hydrogens (tertiary/aromatic N) is 4. The lowest BCUT2D eigenvalue weighted by atomic mass is 10.3. The molecular formula is C12H16N4. The van der Waals surface area contributed by atoms with E-state index in [1.807, 2.05) is 23.0 Å². The van der Waals surface area contributed by atoms with Crippen molar-refractivity contribution in [3.8, 4) is 5.82 Å². The van der Waals surface area contributed by atoms with Crippen molar-refractivity contribution in [1.29, 1.82) is 0 Å². The highest BCUT2D eigenvalue weighted by molar-refractivity contribution is 5.25. The third kappa shape index (κ3) is 2.10. The standard InChI is InChI=1S/C12H16N4/c1-3-5-11-13-6-7-16(11)12-8-10(4-2)14-9-15-12/h6-9H,3-5H2,1-2H3. The molecule has 16 heavy (non-hydrogen) atoms. The Balaban J connectivity index is 2.37. The summed E-state index contributed by atoms with van der Waals surface area (Å²) in [6.07, 6.45) is 8.36. The van der Waals surface area contributed by atoms with E-state index in [2.05, 4.69) is 28.8 Å². The molecule has 0 amide bonds. The lowest BCUT2D eigenvalue weighted by Gasteiger charge is -2.06. The van der Waals surface area contributed by atoms with Crippen molar-refractivity contribution in [2.24, 2.45) is 0 Å². The first-order valence-corrected chi connectivity index (χ1v) is 5.68. The summed E-state index contributed by atoms with van der Waals surface area (Å²) in [5.41, 5.74) is 1.06. The average molecular weight is 216 g/mol. The fourth-order valence-corrected chi connectivity index (χ4v) is 1.66. The third-order valence-corrected chi connectivity index (χ3v) is 2.51. The summed E-state index contributed by atoms with van der Waals surface area (Å²) in [5, 5.41) is 0. The van der Waals surface area contributed by atoms with Crippen LogP contribution in [0.4, 0.5) is 0 Å². The highest BCUT2D eigenvalue weighted by atomic mass is 15.1. The first kappa shape index (κ1) is 10.8. The molecule has 0 radical (unpaired) electrons. The zero-order valence-corrected chi connectivity index (χ0v) is 9.72. The second-order valence-corrected chi connectivity index (χ2v) is 3.68. The number of rotatable bonds is 4. The smallest absolute Gasteiger partial charge is 0.141 e. The molecule has 2 aromatic rings. The van der Waals surface area contributed by atoms with Gasteiger partial charge < -0.3 is 0 Å². The molecule has 0 bridgehead atoms. The molecule has 0 aliphatic heterocycles. The molecule has 0 aromatic carbocycles. The van der Waals surface area contributed by atoms with E-state index in [4.69, 9.17) is 0 Å². The normalized spacial score (nSPS) is 10.6. The van der Waals surface area contributed by atoms with Crippen LogP contribution in [0.25, 0.3) is 5.82 Å². The molecular weight excluding hydrogens is 200 g/mol. The summed E-state index contributed by atoms with van der Waals surface area (Å²) in [5.74, 6) is 1.97. The zero-order chi connectivity index (χ0) is 11.4. The van der Waals surface area contributed by atoms with E-state index in [1.54, 1.807) is 6.33 Å². The first-order valence-electron chi connectivity index (χ1n) is 5.68. The van der Waals surface area contributed by atoms with Crippen LogP contribution in [0.1, 0.15) is 31.8 Å². The number of aryl methyl sites for hydroxylation is 2. The van der Waals surface area contributed by atoms with Gasteiger partial charge in [-0.3, -0.25) is 4.57 Å². The summed E-state index contributed by atoms with van der Waals surface area (Å²) in [7, 11) is 0. The van der Waals surface area contributed by atoms with Gasteiger partial charge in [-0.25, -0.2) is 15.0 Å². The topological polar surface area (TPSA) is 43.6 Å². The van der Waals surface area contributed by atoms with Crippen molar-refractivity contribution >= 4 is 0 Å². The van der Waals surface area contributed by atoms with Crippen molar-refractivity contribution in [1.82, 2.24) is 19.5 Å². The van der Waals surface area contributed by atoms with Crippen LogP contribution in [0.5, 0.6) is 0 Å². The van der Waals surface area contributed by atoms with Crippen LogP contribution in [0.3, 0.4) is 0 Å². The van der Waals surface area contributed by atoms with Gasteiger partial charge in [0.05, 0.1) is 0 Å². The largest absolute Gasteiger partial charge is 0.288 e. The Bertz CT molecular complexity index is 462. The maximum atomic E-state index is 4.34. The Morgan fingerprint density at radius 2 is 2.06 bits per heavy atom. The van der Waals surface area contributed by atoms with E-state index in [0.717, 1.165) is 36.6 Å². The Hall–Kier alpha value is -1.71. The van der Waals surface area contributed by atoms with E-state index in [1.165, 1.54) is 0 Å². The molecule has 0 N–H and O–H groups in total. The third-order valence-electron chi connectivity index (χ3n) is 2.51. The Labute approximate surface area is 95.4 Å². The van der Waals surface area contributed by atoms with Gasteiger partial charge in [0.25, 0.3) is 0 Å². The van der Waals surface area contributed by atoms with E-state index in [9.17, 15) is 0 Å². The molecule has 0 atom stereocenters. The van der Waals surface area contributed by atoms with Crippen LogP contribution >= 0.6 is 0 Å². The summed E-state index contributed by atoms with van der Waals surface area (Å²) in [4.78, 5) is 12.8. The average Bonchev–Trinajstić information content (AvgIpc) is 2.78. The molecule has 0 saturated heterocycles. The Kier molecular flexibility index (Phi) is 3.29. The number of aromatic nitrogens is 4. The van der Waals surface area contributed by atoms with Gasteiger partial charge in [0.2, 0.25) is 0 Å². The molecule has 0 fully saturated rings. The molecule has 4 heteroatoms. The lowest BCUT2D eigenvalue weighted by molar-refractivity contribution is 0.792. The first-order chi connectivity index (χ1) is 7.85. The van der Waals surface area contributed by atoms with Gasteiger partial charge in [-0.15, -0.1) is 0 Å². The van der Waals surface area contributed by atoms with Crippen LogP contribution in [-0.2, 0) is 12.8 Å². The van der Waals surface area contributed by atoms with Crippen LogP contribution in [0.2, 0.25) is 0 Å². The van der Waals surface area contributed by atoms with Gasteiger partial charge in [-0.1, -0.05) is 13.8 Å². The van der Waals surface area contributed by atoms with E-state index in [-0.39, 0.29) is 0 Å². The highest BCUT2D eigenvalue weighted by Crippen LogP contribution is 2.10. The molecule has 84 valence electrons. The molecule has 0 spiro atoms. The summed E-state index contributed by atoms with van der Waals surface area (Å²) in [6, 6.07) is 2.01. The van der Waals surface area contributed by atoms with Crippen molar-refractivity contribution in [2.45, 2.75) is 33.1 Å². The van der Waals surface area contributed by atoms with Gasteiger partial charge in [-0.05, 0) is 12.8 Å². The molecule has 0 aliphatic carbocycles. The molecule has 2 rings (SSSR count). The monoisotopic (exact) mass is 216 g/mol. The quantitative estimate of drug-likeness (QED) is 0.786. The molecule has 2 heterocycles. The Morgan fingerprint density at radius 1 is 1.19 bits per heavy atom. The molecule has 0 saturated carbocycles. The van der Waals surface area contributed by atoms with Crippen LogP contribution in [0.15, 0.2) is 24.8 Å². The van der Waals surface area contributed by atoms with Gasteiger partial charge >= 0.3 is 0 Å². The molecule has 0 unspecified atom stereocenters. The van der Waals surface area contributed by atoms with Crippen LogP contribution < -0.4 is 0 Å². The fourth-order valence-electron chi connectivity index (χ4n) is 1.66. The lowest BCUT2D eigenvalue weighted by Crippen LogP contribution is -2.04. The van der Waals surface area contributed by atoms with Crippen LogP contribution in [-0.4, -0.2) is 19.5 Å². The second kappa shape index (κ2) is 4.88. The molecule has 0 aliphatic rings. The SMILES string of the molecule is CCCc1nccn1-c1cc(CC)ncn1. The summed E-state index contributed by atoms with van der Waals surface area (Å²) in [6.45, 7) is 4.24. The van der Waals surface area contributed by atoms with E-state index >= 15 is 0 Å². The predicted octanol–water partition coefficient (Wildman–Crippen LogP) is 2.18. The minimum atomic E-state index is 0.910. The number of imidazole rings is 1. The minimum absolute atomic E-state index is 0.910. The van der Waals surface area contributed by atoms with Crippen LogP contribution in [0, 0.1) is 0 Å². The van der Waals surface area contributed by atoms with Crippen molar-refractivity contribution in [3.05, 3.63) is 36.3 Å². The van der Waals surface area contributed by atoms with Gasteiger partial charge in [0.15, 0.2) is 0 Å². The van der Waals surface area contributed by atoms with Gasteiger partial charge in [0.1, 0.15) is 18.0 Å². The van der Waals surface area contributed by atoms with Crippen molar-refractivity contribution in [3.63, 3.8) is 0 Å². The minimum Gasteiger partial charge on any atom is -0.288 e. The van der Waals surface area contributed by atoms with E-state index in [0.29, 0.717) is 0 Å². The molecule has 4 nitrogen and oxygen atoms in total. The zero-order valence-electron chi connectivity index (χ0n) is 9.72. The van der Waals surface area contributed by atoms with Crippen molar-refractivity contribution in [2.75, 3.05) is 0 Å². The maximum Gasteiger partial charge on any atom is 0.141 e. The predicted molar refractivity (Wildman–Crippen MR) is 62.5 cm³/mol. The fraction of sp³-hybridized carbons (Fsp3) is 0.417. The number of hydrogen-bond donors (Lipinski definition) is 0. The number of hydrogen-bond acceptors (Lipinski definition) is 3. The summed E-state index contributed by atoms with van der Waals surface area (Å²) >= 11 is 0. The Morgan fingerprint density at radius 3 is 2.81 bits per heavy atom. The van der Waals surface area contributed by atoms with Gasteiger partial charge in [0, 0.05) is 30.6 Å². The highest BCUT2D eigenvalue weighted by Gasteiger charge is 2.05. The summed E-state index contributed by atoms with van der Waals surface area (Å²) < 4.78 is 2.03. The second-order valence-electron chi connectivity index (χ2n) is 3.68. The molecule has 2 aromatic heterocycles. The van der Waals surface area contributed by atoms with Crippen molar-refractivity contribution < 1.29 is 0 Å². The van der Waals surface area contributed by atoms with E-state index < -0.39 is 0 Å².